The predicted molar refractivity (Wildman–Crippen MR) is 83.7 cm³/mol. The summed E-state index contributed by atoms with van der Waals surface area (Å²) in [6.45, 7) is 8.65. The van der Waals surface area contributed by atoms with Crippen molar-refractivity contribution in [2.75, 3.05) is 0 Å². The molecule has 1 N–H and O–H groups in total. The number of carbonyl (C=O) groups is 1. The molecular weight excluding hydrogens is 286 g/mol. The maximum Gasteiger partial charge on any atom is 0.264 e. The molecule has 1 aliphatic carbocycles. The van der Waals surface area contributed by atoms with Gasteiger partial charge in [0.25, 0.3) is 5.91 Å². The lowest BCUT2D eigenvalue weighted by atomic mass is 9.78. The fourth-order valence-electron chi connectivity index (χ4n) is 2.07. The molecule has 2 rings (SSSR count). The topological polar surface area (TPSA) is 63.2 Å². The van der Waals surface area contributed by atoms with Crippen molar-refractivity contribution in [2.45, 2.75) is 51.7 Å². The van der Waals surface area contributed by atoms with Crippen molar-refractivity contribution in [3.8, 4) is 0 Å². The molecule has 1 aliphatic rings. The summed E-state index contributed by atoms with van der Waals surface area (Å²) in [5, 5.41) is -0.387. The van der Waals surface area contributed by atoms with Gasteiger partial charge in [-0.3, -0.25) is 4.79 Å². The van der Waals surface area contributed by atoms with Gasteiger partial charge in [-0.15, -0.1) is 0 Å². The molecule has 21 heavy (non-hydrogen) atoms. The predicted octanol–water partition coefficient (Wildman–Crippen LogP) is 3.06. The second-order valence-corrected chi connectivity index (χ2v) is 8.85. The van der Waals surface area contributed by atoms with Gasteiger partial charge in [0.2, 0.25) is 10.0 Å². The number of nitrogens with one attached hydrogen (secondary N) is 1. The van der Waals surface area contributed by atoms with E-state index in [9.17, 15) is 13.2 Å². The van der Waals surface area contributed by atoms with Crippen LogP contribution in [-0.2, 0) is 10.0 Å². The monoisotopic (exact) mass is 309 g/mol. The largest absolute Gasteiger partial charge is 0.268 e. The third-order valence-electron chi connectivity index (χ3n) is 4.17. The van der Waals surface area contributed by atoms with Crippen molar-refractivity contribution < 1.29 is 13.2 Å². The highest BCUT2D eigenvalue weighted by Gasteiger charge is 2.37. The molecule has 1 unspecified atom stereocenters. The molecule has 0 aliphatic heterocycles. The van der Waals surface area contributed by atoms with Gasteiger partial charge in [-0.25, -0.2) is 13.1 Å². The average molecular weight is 309 g/mol. The number of amides is 1. The highest BCUT2D eigenvalue weighted by Crippen LogP contribution is 2.34. The van der Waals surface area contributed by atoms with Gasteiger partial charge < -0.3 is 0 Å². The Labute approximate surface area is 127 Å². The van der Waals surface area contributed by atoms with E-state index in [1.807, 2.05) is 12.1 Å². The van der Waals surface area contributed by atoms with Crippen molar-refractivity contribution >= 4 is 15.9 Å². The number of rotatable bonds is 4. The molecule has 116 valence electrons. The first kappa shape index (κ1) is 16.0. The zero-order valence-corrected chi connectivity index (χ0v) is 13.8. The Morgan fingerprint density at radius 3 is 2.14 bits per heavy atom. The number of sulfonamides is 1. The number of carbonyl (C=O) groups excluding carboxylic acids is 1. The Bertz CT molecular complexity index is 622. The molecular formula is C16H23NO3S. The third-order valence-corrected chi connectivity index (χ3v) is 5.99. The van der Waals surface area contributed by atoms with E-state index in [1.54, 1.807) is 12.1 Å². The first-order valence-electron chi connectivity index (χ1n) is 7.27. The summed E-state index contributed by atoms with van der Waals surface area (Å²) in [4.78, 5) is 12.0. The number of hydrogen-bond acceptors (Lipinski definition) is 3. The molecule has 0 bridgehead atoms. The van der Waals surface area contributed by atoms with Gasteiger partial charge in [0, 0.05) is 5.56 Å². The molecule has 1 aromatic carbocycles. The highest BCUT2D eigenvalue weighted by molar-refractivity contribution is 7.91. The van der Waals surface area contributed by atoms with Crippen LogP contribution in [-0.4, -0.2) is 19.6 Å². The fraction of sp³-hybridized carbons (Fsp3) is 0.562. The normalized spacial score (nSPS) is 17.3. The minimum atomic E-state index is -3.48. The molecule has 0 saturated heterocycles. The molecule has 0 aromatic heterocycles. The van der Waals surface area contributed by atoms with Gasteiger partial charge in [0.1, 0.15) is 0 Å². The molecule has 0 radical (unpaired) electrons. The first-order chi connectivity index (χ1) is 9.61. The fourth-order valence-corrected chi connectivity index (χ4v) is 3.37. The first-order valence-corrected chi connectivity index (χ1v) is 8.82. The van der Waals surface area contributed by atoms with Crippen LogP contribution >= 0.6 is 0 Å². The summed E-state index contributed by atoms with van der Waals surface area (Å²) in [6, 6.07) is 7.17. The smallest absolute Gasteiger partial charge is 0.264 e. The van der Waals surface area contributed by atoms with E-state index >= 15 is 0 Å². The second-order valence-electron chi connectivity index (χ2n) is 6.89. The van der Waals surface area contributed by atoms with Gasteiger partial charge in [0.05, 0.1) is 5.25 Å². The Morgan fingerprint density at radius 2 is 1.71 bits per heavy atom. The van der Waals surface area contributed by atoms with E-state index in [4.69, 9.17) is 0 Å². The maximum absolute atomic E-state index is 12.0. The van der Waals surface area contributed by atoms with Crippen LogP contribution in [0.15, 0.2) is 24.3 Å². The summed E-state index contributed by atoms with van der Waals surface area (Å²) >= 11 is 0. The van der Waals surface area contributed by atoms with Gasteiger partial charge >= 0.3 is 0 Å². The lowest BCUT2D eigenvalue weighted by molar-refractivity contribution is 0.0981. The standard InChI is InChI=1S/C16H23NO3S/c1-11(16(2,3)4)12-5-7-13(8-6-12)15(18)17-21(19,20)14-9-10-14/h5-8,11,14H,9-10H2,1-4H3,(H,17,18). The summed E-state index contributed by atoms with van der Waals surface area (Å²) in [7, 11) is -3.48. The van der Waals surface area contributed by atoms with Crippen LogP contribution in [0, 0.1) is 5.41 Å². The molecule has 5 heteroatoms. The van der Waals surface area contributed by atoms with Crippen LogP contribution in [0.1, 0.15) is 62.4 Å². The van der Waals surface area contributed by atoms with Crippen LogP contribution in [0.4, 0.5) is 0 Å². The van der Waals surface area contributed by atoms with Crippen LogP contribution in [0.2, 0.25) is 0 Å². The third kappa shape index (κ3) is 3.84. The minimum Gasteiger partial charge on any atom is -0.268 e. The van der Waals surface area contributed by atoms with Gasteiger partial charge in [-0.2, -0.15) is 0 Å². The molecule has 1 aromatic rings. The second kappa shape index (κ2) is 5.44. The van der Waals surface area contributed by atoms with Crippen LogP contribution in [0.25, 0.3) is 0 Å². The summed E-state index contributed by atoms with van der Waals surface area (Å²) < 4.78 is 25.6. The van der Waals surface area contributed by atoms with Crippen LogP contribution in [0.3, 0.4) is 0 Å². The number of hydrogen-bond donors (Lipinski definition) is 1. The average Bonchev–Trinajstić information content (AvgIpc) is 3.21. The van der Waals surface area contributed by atoms with Crippen LogP contribution in [0.5, 0.6) is 0 Å². The molecule has 4 nitrogen and oxygen atoms in total. The molecule has 1 amide bonds. The van der Waals surface area contributed by atoms with Crippen LogP contribution < -0.4 is 4.72 Å². The molecule has 0 spiro atoms. The van der Waals surface area contributed by atoms with Crippen molar-refractivity contribution in [3.63, 3.8) is 0 Å². The maximum atomic E-state index is 12.0. The van der Waals surface area contributed by atoms with Gasteiger partial charge in [0.15, 0.2) is 0 Å². The summed E-state index contributed by atoms with van der Waals surface area (Å²) in [5.41, 5.74) is 1.66. The SMILES string of the molecule is CC(c1ccc(C(=O)NS(=O)(=O)C2CC2)cc1)C(C)(C)C. The Morgan fingerprint density at radius 1 is 1.19 bits per heavy atom. The van der Waals surface area contributed by atoms with Crippen molar-refractivity contribution in [2.24, 2.45) is 5.41 Å². The lowest BCUT2D eigenvalue weighted by Gasteiger charge is -2.27. The molecule has 1 saturated carbocycles. The van der Waals surface area contributed by atoms with Crippen molar-refractivity contribution in [3.05, 3.63) is 35.4 Å². The Kier molecular flexibility index (Phi) is 4.15. The number of benzene rings is 1. The van der Waals surface area contributed by atoms with Crippen molar-refractivity contribution in [1.29, 1.82) is 0 Å². The van der Waals surface area contributed by atoms with E-state index < -0.39 is 15.9 Å². The van der Waals surface area contributed by atoms with E-state index in [-0.39, 0.29) is 10.7 Å². The minimum absolute atomic E-state index is 0.138. The Balaban J connectivity index is 2.10. The molecule has 0 heterocycles. The van der Waals surface area contributed by atoms with E-state index in [2.05, 4.69) is 32.4 Å². The van der Waals surface area contributed by atoms with E-state index in [0.717, 1.165) is 5.56 Å². The zero-order chi connectivity index (χ0) is 15.8. The molecule has 1 fully saturated rings. The quantitative estimate of drug-likeness (QED) is 0.929. The summed E-state index contributed by atoms with van der Waals surface area (Å²) in [5.74, 6) is -0.193. The lowest BCUT2D eigenvalue weighted by Crippen LogP contribution is -2.33. The van der Waals surface area contributed by atoms with E-state index in [0.29, 0.717) is 24.3 Å². The van der Waals surface area contributed by atoms with Gasteiger partial charge in [-0.1, -0.05) is 39.8 Å². The van der Waals surface area contributed by atoms with Crippen molar-refractivity contribution in [1.82, 2.24) is 4.72 Å². The highest BCUT2D eigenvalue weighted by atomic mass is 32.2. The van der Waals surface area contributed by atoms with Gasteiger partial charge in [-0.05, 0) is 41.9 Å². The molecule has 1 atom stereocenters. The van der Waals surface area contributed by atoms with E-state index in [1.165, 1.54) is 0 Å². The zero-order valence-electron chi connectivity index (χ0n) is 13.0. The summed E-state index contributed by atoms with van der Waals surface area (Å²) in [6.07, 6.45) is 1.29. The Hall–Kier alpha value is -1.36.